The van der Waals surface area contributed by atoms with Crippen molar-refractivity contribution in [3.8, 4) is 0 Å². The summed E-state index contributed by atoms with van der Waals surface area (Å²) in [6.45, 7) is 0. The highest BCUT2D eigenvalue weighted by atomic mass is 35.5. The number of benzene rings is 1. The summed E-state index contributed by atoms with van der Waals surface area (Å²) in [6.07, 6.45) is 1.58. The van der Waals surface area contributed by atoms with E-state index in [-0.39, 0.29) is 0 Å². The van der Waals surface area contributed by atoms with Gasteiger partial charge in [-0.15, -0.1) is 11.3 Å². The minimum atomic E-state index is -0.963. The molecule has 0 fully saturated rings. The van der Waals surface area contributed by atoms with Gasteiger partial charge in [0.15, 0.2) is 6.04 Å². The molecule has 0 saturated carbocycles. The van der Waals surface area contributed by atoms with E-state index < -0.39 is 12.0 Å². The second-order valence-electron chi connectivity index (χ2n) is 3.29. The normalized spacial score (nSPS) is 12.1. The van der Waals surface area contributed by atoms with Crippen molar-refractivity contribution in [1.82, 2.24) is 4.98 Å². The minimum absolute atomic E-state index is 0.521. The Balaban J connectivity index is 2.19. The Morgan fingerprint density at radius 3 is 2.65 bits per heavy atom. The fraction of sp³-hybridized carbons (Fsp3) is 0.0909. The van der Waals surface area contributed by atoms with Crippen molar-refractivity contribution in [2.24, 2.45) is 0 Å². The van der Waals surface area contributed by atoms with Crippen LogP contribution in [0.2, 0.25) is 5.02 Å². The lowest BCUT2D eigenvalue weighted by Gasteiger charge is -2.13. The third-order valence-corrected chi connectivity index (χ3v) is 3.19. The Bertz CT molecular complexity index is 499. The summed E-state index contributed by atoms with van der Waals surface area (Å²) in [7, 11) is 0. The average molecular weight is 269 g/mol. The first kappa shape index (κ1) is 11.9. The summed E-state index contributed by atoms with van der Waals surface area (Å²) in [5.74, 6) is -0.963. The minimum Gasteiger partial charge on any atom is -0.479 e. The maximum absolute atomic E-state index is 11.1. The summed E-state index contributed by atoms with van der Waals surface area (Å²) in [6, 6.07) is 6.02. The molecule has 1 unspecified atom stereocenters. The van der Waals surface area contributed by atoms with E-state index in [4.69, 9.17) is 16.7 Å². The molecule has 0 aliphatic carbocycles. The number of hydrogen-bond donors (Lipinski definition) is 2. The maximum atomic E-state index is 11.1. The third kappa shape index (κ3) is 2.95. The number of aliphatic carboxylic acids is 1. The van der Waals surface area contributed by atoms with Crippen molar-refractivity contribution in [1.29, 1.82) is 0 Å². The Morgan fingerprint density at radius 1 is 1.41 bits per heavy atom. The number of nitrogens with zero attached hydrogens (tertiary/aromatic N) is 1. The van der Waals surface area contributed by atoms with Crippen LogP contribution in [-0.2, 0) is 4.79 Å². The molecule has 1 aromatic heterocycles. The van der Waals surface area contributed by atoms with Crippen molar-refractivity contribution < 1.29 is 9.90 Å². The van der Waals surface area contributed by atoms with Crippen molar-refractivity contribution in [3.63, 3.8) is 0 Å². The van der Waals surface area contributed by atoms with E-state index in [1.165, 1.54) is 11.3 Å². The van der Waals surface area contributed by atoms with Gasteiger partial charge in [0.2, 0.25) is 0 Å². The molecule has 2 aromatic rings. The van der Waals surface area contributed by atoms with E-state index in [9.17, 15) is 4.79 Å². The highest BCUT2D eigenvalue weighted by Gasteiger charge is 2.21. The van der Waals surface area contributed by atoms with E-state index in [2.05, 4.69) is 10.3 Å². The number of carboxylic acids is 1. The van der Waals surface area contributed by atoms with Crippen molar-refractivity contribution in [2.45, 2.75) is 6.04 Å². The largest absolute Gasteiger partial charge is 0.479 e. The smallest absolute Gasteiger partial charge is 0.333 e. The molecule has 4 nitrogen and oxygen atoms in total. The van der Waals surface area contributed by atoms with Gasteiger partial charge < -0.3 is 10.4 Å². The number of carboxylic acid groups (broad SMARTS) is 1. The van der Waals surface area contributed by atoms with Gasteiger partial charge in [0.25, 0.3) is 0 Å². The lowest BCUT2D eigenvalue weighted by atomic mass is 10.2. The molecule has 6 heteroatoms. The van der Waals surface area contributed by atoms with Crippen LogP contribution in [0.5, 0.6) is 0 Å². The molecule has 1 atom stereocenters. The van der Waals surface area contributed by atoms with Gasteiger partial charge in [0, 0.05) is 22.3 Å². The van der Waals surface area contributed by atoms with Gasteiger partial charge >= 0.3 is 5.97 Å². The molecule has 0 aliphatic heterocycles. The summed E-state index contributed by atoms with van der Waals surface area (Å²) in [5, 5.41) is 14.9. The van der Waals surface area contributed by atoms with E-state index in [1.807, 2.05) is 0 Å². The van der Waals surface area contributed by atoms with Crippen molar-refractivity contribution >= 4 is 34.6 Å². The molecule has 17 heavy (non-hydrogen) atoms. The SMILES string of the molecule is O=C(O)C(Nc1ccc(Cl)cc1)c1nccs1. The van der Waals surface area contributed by atoms with Gasteiger partial charge in [0.05, 0.1) is 0 Å². The van der Waals surface area contributed by atoms with E-state index in [1.54, 1.807) is 35.8 Å². The second kappa shape index (κ2) is 5.16. The molecule has 1 heterocycles. The number of anilines is 1. The van der Waals surface area contributed by atoms with Crippen LogP contribution in [0.3, 0.4) is 0 Å². The number of hydrogen-bond acceptors (Lipinski definition) is 4. The lowest BCUT2D eigenvalue weighted by molar-refractivity contribution is -0.138. The summed E-state index contributed by atoms with van der Waals surface area (Å²) < 4.78 is 0. The molecule has 0 aliphatic rings. The predicted molar refractivity (Wildman–Crippen MR) is 67.6 cm³/mol. The van der Waals surface area contributed by atoms with Crippen LogP contribution in [0.15, 0.2) is 35.8 Å². The van der Waals surface area contributed by atoms with Crippen molar-refractivity contribution in [3.05, 3.63) is 45.9 Å². The molecule has 1 aromatic carbocycles. The Kier molecular flexibility index (Phi) is 3.61. The van der Waals surface area contributed by atoms with Gasteiger partial charge in [-0.1, -0.05) is 11.6 Å². The van der Waals surface area contributed by atoms with Gasteiger partial charge in [-0.3, -0.25) is 0 Å². The molecule has 88 valence electrons. The van der Waals surface area contributed by atoms with E-state index >= 15 is 0 Å². The quantitative estimate of drug-likeness (QED) is 0.895. The summed E-state index contributed by atoms with van der Waals surface area (Å²) >= 11 is 7.06. The molecule has 0 bridgehead atoms. The molecule has 0 saturated heterocycles. The number of halogens is 1. The summed E-state index contributed by atoms with van der Waals surface area (Å²) in [5.41, 5.74) is 0.692. The van der Waals surface area contributed by atoms with Crippen LogP contribution in [0.4, 0.5) is 5.69 Å². The Morgan fingerprint density at radius 2 is 2.12 bits per heavy atom. The van der Waals surface area contributed by atoms with E-state index in [0.717, 1.165) is 0 Å². The molecule has 2 rings (SSSR count). The monoisotopic (exact) mass is 268 g/mol. The van der Waals surface area contributed by atoms with Crippen LogP contribution < -0.4 is 5.32 Å². The second-order valence-corrected chi connectivity index (χ2v) is 4.66. The van der Waals surface area contributed by atoms with Gasteiger partial charge in [-0.05, 0) is 24.3 Å². The Hall–Kier alpha value is -1.59. The lowest BCUT2D eigenvalue weighted by Crippen LogP contribution is -2.20. The van der Waals surface area contributed by atoms with Crippen LogP contribution in [0, 0.1) is 0 Å². The van der Waals surface area contributed by atoms with Gasteiger partial charge in [-0.2, -0.15) is 0 Å². The molecular formula is C11H9ClN2O2S. The first-order chi connectivity index (χ1) is 8.16. The molecule has 0 spiro atoms. The zero-order valence-electron chi connectivity index (χ0n) is 8.63. The van der Waals surface area contributed by atoms with Crippen LogP contribution >= 0.6 is 22.9 Å². The zero-order chi connectivity index (χ0) is 12.3. The first-order valence-electron chi connectivity index (χ1n) is 4.81. The fourth-order valence-electron chi connectivity index (χ4n) is 1.32. The number of carbonyl (C=O) groups is 1. The highest BCUT2D eigenvalue weighted by Crippen LogP contribution is 2.22. The highest BCUT2D eigenvalue weighted by molar-refractivity contribution is 7.09. The number of aromatic nitrogens is 1. The summed E-state index contributed by atoms with van der Waals surface area (Å²) in [4.78, 5) is 15.1. The average Bonchev–Trinajstić information content (AvgIpc) is 2.81. The number of nitrogens with one attached hydrogen (secondary N) is 1. The van der Waals surface area contributed by atoms with Crippen LogP contribution in [-0.4, -0.2) is 16.1 Å². The Labute approximate surface area is 107 Å². The zero-order valence-corrected chi connectivity index (χ0v) is 10.2. The number of thiazole rings is 1. The third-order valence-electron chi connectivity index (χ3n) is 2.10. The van der Waals surface area contributed by atoms with Gasteiger partial charge in [0.1, 0.15) is 5.01 Å². The molecule has 0 radical (unpaired) electrons. The fourth-order valence-corrected chi connectivity index (χ4v) is 2.12. The molecule has 0 amide bonds. The first-order valence-corrected chi connectivity index (χ1v) is 6.07. The van der Waals surface area contributed by atoms with Crippen LogP contribution in [0.25, 0.3) is 0 Å². The van der Waals surface area contributed by atoms with Crippen LogP contribution in [0.1, 0.15) is 11.0 Å². The predicted octanol–water partition coefficient (Wildman–Crippen LogP) is 3.03. The standard InChI is InChI=1S/C11H9ClN2O2S/c12-7-1-3-8(4-2-7)14-9(11(15)16)10-13-5-6-17-10/h1-6,9,14H,(H,15,16). The maximum Gasteiger partial charge on any atom is 0.333 e. The van der Waals surface area contributed by atoms with Crippen molar-refractivity contribution in [2.75, 3.05) is 5.32 Å². The number of rotatable bonds is 4. The topological polar surface area (TPSA) is 62.2 Å². The van der Waals surface area contributed by atoms with E-state index in [0.29, 0.717) is 15.7 Å². The molecule has 2 N–H and O–H groups in total. The van der Waals surface area contributed by atoms with Gasteiger partial charge in [-0.25, -0.2) is 9.78 Å². The molecular weight excluding hydrogens is 260 g/mol.